The van der Waals surface area contributed by atoms with Crippen molar-refractivity contribution in [3.05, 3.63) is 30.3 Å². The van der Waals surface area contributed by atoms with E-state index in [1.807, 2.05) is 30.3 Å². The molecule has 0 amide bonds. The van der Waals surface area contributed by atoms with Gasteiger partial charge in [0.1, 0.15) is 0 Å². The molecule has 0 radical (unpaired) electrons. The summed E-state index contributed by atoms with van der Waals surface area (Å²) in [6.07, 6.45) is 0. The lowest BCUT2D eigenvalue weighted by atomic mass is 10.3. The first-order chi connectivity index (χ1) is 5.22. The monoisotopic (exact) mass is 184 g/mol. The minimum atomic E-state index is 0.250. The minimum Gasteiger partial charge on any atom is -0.375 e. The first kappa shape index (κ1) is 8.36. The Morgan fingerprint density at radius 3 is 2.36 bits per heavy atom. The van der Waals surface area contributed by atoms with Crippen molar-refractivity contribution in [3.8, 4) is 0 Å². The molecule has 0 spiro atoms. The molecule has 2 N–H and O–H groups in total. The number of thiol groups is 1. The summed E-state index contributed by atoms with van der Waals surface area (Å²) >= 11 is 8.81. The van der Waals surface area contributed by atoms with Gasteiger partial charge in [-0.1, -0.05) is 31.0 Å². The molecule has 0 aliphatic carbocycles. The highest BCUT2D eigenvalue weighted by molar-refractivity contribution is 7.87. The lowest BCUT2D eigenvalue weighted by Gasteiger charge is -2.13. The number of benzene rings is 1. The van der Waals surface area contributed by atoms with Crippen LogP contribution in [0.3, 0.4) is 0 Å². The minimum absolute atomic E-state index is 0.250. The molecular formula is C7H8N2S2. The van der Waals surface area contributed by atoms with Gasteiger partial charge in [-0.25, -0.2) is 0 Å². The highest BCUT2D eigenvalue weighted by Crippen LogP contribution is 2.14. The lowest BCUT2D eigenvalue weighted by molar-refractivity contribution is 1.51. The number of nitrogens with zero attached hydrogens (tertiary/aromatic N) is 1. The van der Waals surface area contributed by atoms with E-state index in [2.05, 4.69) is 12.8 Å². The van der Waals surface area contributed by atoms with E-state index >= 15 is 0 Å². The molecule has 0 atom stereocenters. The fraction of sp³-hybridized carbons (Fsp3) is 0. The predicted octanol–water partition coefficient (Wildman–Crippen LogP) is 1.58. The Labute approximate surface area is 76.5 Å². The van der Waals surface area contributed by atoms with Crippen molar-refractivity contribution < 1.29 is 0 Å². The van der Waals surface area contributed by atoms with E-state index in [1.165, 1.54) is 4.31 Å². The number of rotatable bonds is 1. The summed E-state index contributed by atoms with van der Waals surface area (Å²) in [5.74, 6) is 0. The molecule has 0 unspecified atom stereocenters. The number of para-hydroxylation sites is 1. The summed E-state index contributed by atoms with van der Waals surface area (Å²) in [6, 6.07) is 9.48. The molecule has 1 aromatic rings. The number of hydrogen-bond acceptors (Lipinski definition) is 2. The van der Waals surface area contributed by atoms with Gasteiger partial charge in [0.05, 0.1) is 5.69 Å². The molecule has 0 bridgehead atoms. The van der Waals surface area contributed by atoms with E-state index in [1.54, 1.807) is 0 Å². The van der Waals surface area contributed by atoms with Crippen LogP contribution in [0.1, 0.15) is 0 Å². The van der Waals surface area contributed by atoms with Crippen molar-refractivity contribution >= 4 is 35.8 Å². The topological polar surface area (TPSA) is 29.3 Å². The van der Waals surface area contributed by atoms with Gasteiger partial charge in [-0.2, -0.15) is 0 Å². The third-order valence-corrected chi connectivity index (χ3v) is 1.97. The van der Waals surface area contributed by atoms with Crippen LogP contribution in [-0.2, 0) is 0 Å². The maximum Gasteiger partial charge on any atom is 0.181 e. The van der Waals surface area contributed by atoms with Gasteiger partial charge in [-0.05, 0) is 24.4 Å². The van der Waals surface area contributed by atoms with Crippen LogP contribution in [0.15, 0.2) is 30.3 Å². The van der Waals surface area contributed by atoms with Crippen LogP contribution in [0.25, 0.3) is 0 Å². The largest absolute Gasteiger partial charge is 0.375 e. The van der Waals surface area contributed by atoms with E-state index in [9.17, 15) is 0 Å². The van der Waals surface area contributed by atoms with Crippen LogP contribution in [-0.4, -0.2) is 5.11 Å². The predicted molar refractivity (Wildman–Crippen MR) is 54.7 cm³/mol. The molecule has 4 heteroatoms. The van der Waals surface area contributed by atoms with Gasteiger partial charge < -0.3 is 5.73 Å². The molecule has 1 aromatic carbocycles. The summed E-state index contributed by atoms with van der Waals surface area (Å²) in [4.78, 5) is 0. The zero-order valence-corrected chi connectivity index (χ0v) is 7.48. The van der Waals surface area contributed by atoms with Gasteiger partial charge in [0, 0.05) is 0 Å². The maximum atomic E-state index is 5.35. The average Bonchev–Trinajstić information content (AvgIpc) is 2.05. The van der Waals surface area contributed by atoms with Crippen LogP contribution in [0.5, 0.6) is 0 Å². The van der Waals surface area contributed by atoms with E-state index in [4.69, 9.17) is 18.0 Å². The van der Waals surface area contributed by atoms with Gasteiger partial charge in [0.15, 0.2) is 5.11 Å². The van der Waals surface area contributed by atoms with E-state index in [-0.39, 0.29) is 5.11 Å². The standard InChI is InChI=1S/C7H8N2S2/c8-7(10)9(11)6-4-2-1-3-5-6/h1-5,11H,(H2,8,10). The number of nitrogens with two attached hydrogens (primary N) is 1. The van der Waals surface area contributed by atoms with Crippen LogP contribution in [0.4, 0.5) is 5.69 Å². The third kappa shape index (κ3) is 2.10. The highest BCUT2D eigenvalue weighted by atomic mass is 32.1. The fourth-order valence-electron chi connectivity index (χ4n) is 0.696. The first-order valence-electron chi connectivity index (χ1n) is 3.05. The molecule has 0 saturated heterocycles. The zero-order chi connectivity index (χ0) is 8.27. The Kier molecular flexibility index (Phi) is 2.73. The van der Waals surface area contributed by atoms with E-state index in [0.29, 0.717) is 0 Å². The summed E-state index contributed by atoms with van der Waals surface area (Å²) in [7, 11) is 0. The summed E-state index contributed by atoms with van der Waals surface area (Å²) in [5, 5.41) is 0.250. The molecule has 1 rings (SSSR count). The van der Waals surface area contributed by atoms with Gasteiger partial charge in [0.25, 0.3) is 0 Å². The van der Waals surface area contributed by atoms with Crippen molar-refractivity contribution in [2.75, 3.05) is 4.31 Å². The van der Waals surface area contributed by atoms with Crippen LogP contribution in [0, 0.1) is 0 Å². The molecule has 0 saturated carbocycles. The van der Waals surface area contributed by atoms with Gasteiger partial charge in [-0.3, -0.25) is 4.31 Å². The Morgan fingerprint density at radius 2 is 1.91 bits per heavy atom. The Balaban J connectivity index is 2.85. The maximum absolute atomic E-state index is 5.35. The fourth-order valence-corrected chi connectivity index (χ4v) is 0.935. The second-order valence-corrected chi connectivity index (χ2v) is 2.80. The van der Waals surface area contributed by atoms with E-state index in [0.717, 1.165) is 5.69 Å². The number of hydrogen-bond donors (Lipinski definition) is 2. The molecule has 0 fully saturated rings. The van der Waals surface area contributed by atoms with Gasteiger partial charge in [-0.15, -0.1) is 0 Å². The van der Waals surface area contributed by atoms with Gasteiger partial charge >= 0.3 is 0 Å². The Bertz CT molecular complexity index is 248. The zero-order valence-electron chi connectivity index (χ0n) is 5.77. The quantitative estimate of drug-likeness (QED) is 0.513. The second-order valence-electron chi connectivity index (χ2n) is 1.99. The molecule has 0 aromatic heterocycles. The van der Waals surface area contributed by atoms with Crippen LogP contribution in [0.2, 0.25) is 0 Å². The molecule has 58 valence electrons. The van der Waals surface area contributed by atoms with Crippen molar-refractivity contribution in [2.24, 2.45) is 5.73 Å². The lowest BCUT2D eigenvalue weighted by Crippen LogP contribution is -2.26. The Hall–Kier alpha value is -0.740. The van der Waals surface area contributed by atoms with Gasteiger partial charge in [0.2, 0.25) is 0 Å². The van der Waals surface area contributed by atoms with Crippen LogP contribution < -0.4 is 10.0 Å². The molecule has 0 heterocycles. The summed E-state index contributed by atoms with van der Waals surface area (Å²) in [5.41, 5.74) is 6.23. The second kappa shape index (κ2) is 3.59. The molecular weight excluding hydrogens is 176 g/mol. The highest BCUT2D eigenvalue weighted by Gasteiger charge is 2.01. The van der Waals surface area contributed by atoms with Crippen molar-refractivity contribution in [3.63, 3.8) is 0 Å². The molecule has 0 aliphatic rings. The number of thiocarbonyl (C=S) groups is 1. The molecule has 2 nitrogen and oxygen atoms in total. The van der Waals surface area contributed by atoms with Crippen LogP contribution >= 0.6 is 25.0 Å². The third-order valence-electron chi connectivity index (χ3n) is 1.21. The van der Waals surface area contributed by atoms with Crippen molar-refractivity contribution in [1.29, 1.82) is 0 Å². The smallest absolute Gasteiger partial charge is 0.181 e. The normalized spacial score (nSPS) is 9.18. The van der Waals surface area contributed by atoms with E-state index < -0.39 is 0 Å². The SMILES string of the molecule is NC(=S)N(S)c1ccccc1. The summed E-state index contributed by atoms with van der Waals surface area (Å²) < 4.78 is 1.45. The summed E-state index contributed by atoms with van der Waals surface area (Å²) in [6.45, 7) is 0. The van der Waals surface area contributed by atoms with Crippen molar-refractivity contribution in [2.45, 2.75) is 0 Å². The Morgan fingerprint density at radius 1 is 1.36 bits per heavy atom. The molecule has 11 heavy (non-hydrogen) atoms. The number of anilines is 1. The molecule has 0 aliphatic heterocycles. The first-order valence-corrected chi connectivity index (χ1v) is 3.86. The van der Waals surface area contributed by atoms with Crippen molar-refractivity contribution in [1.82, 2.24) is 0 Å². The average molecular weight is 184 g/mol.